The minimum Gasteiger partial charge on any atom is -0.311 e. The molecule has 0 aromatic heterocycles. The van der Waals surface area contributed by atoms with E-state index in [4.69, 9.17) is 0 Å². The van der Waals surface area contributed by atoms with Gasteiger partial charge < -0.3 is 14.7 Å². The van der Waals surface area contributed by atoms with E-state index in [-0.39, 0.29) is 28.4 Å². The summed E-state index contributed by atoms with van der Waals surface area (Å²) in [6.45, 7) is 22.1. The molecule has 2 heterocycles. The van der Waals surface area contributed by atoms with Gasteiger partial charge in [-0.25, -0.2) is 0 Å². The summed E-state index contributed by atoms with van der Waals surface area (Å²) in [5, 5.41) is 0. The molecule has 0 saturated heterocycles. The number of anilines is 9. The summed E-state index contributed by atoms with van der Waals surface area (Å²) >= 11 is 0. The zero-order valence-electron chi connectivity index (χ0n) is 44.6. The third kappa shape index (κ3) is 7.30. The van der Waals surface area contributed by atoms with Crippen molar-refractivity contribution in [2.75, 3.05) is 14.7 Å². The van der Waals surface area contributed by atoms with Crippen molar-refractivity contribution in [2.24, 2.45) is 0 Å². The molecular weight excluding hydrogens is 894 g/mol. The van der Waals surface area contributed by atoms with Gasteiger partial charge in [0.05, 0.1) is 5.69 Å². The van der Waals surface area contributed by atoms with Gasteiger partial charge >= 0.3 is 0 Å². The first kappa shape index (κ1) is 46.2. The molecule has 0 saturated carbocycles. The number of para-hydroxylation sites is 2. The second-order valence-corrected chi connectivity index (χ2v) is 24.4. The van der Waals surface area contributed by atoms with Gasteiger partial charge in [0.1, 0.15) is 0 Å². The van der Waals surface area contributed by atoms with Crippen molar-refractivity contribution < 1.29 is 0 Å². The predicted octanol–water partition coefficient (Wildman–Crippen LogP) is 17.2. The Bertz CT molecular complexity index is 3630. The maximum absolute atomic E-state index is 2.72. The van der Waals surface area contributed by atoms with E-state index in [1.807, 2.05) is 0 Å². The molecule has 0 spiro atoms. The lowest BCUT2D eigenvalue weighted by Crippen LogP contribution is -2.62. The van der Waals surface area contributed by atoms with Crippen LogP contribution in [0.2, 0.25) is 0 Å². The van der Waals surface area contributed by atoms with Gasteiger partial charge in [0.2, 0.25) is 0 Å². The first-order valence-corrected chi connectivity index (χ1v) is 27.0. The topological polar surface area (TPSA) is 9.72 Å². The molecule has 0 fully saturated rings. The Hall–Kier alpha value is -7.56. The number of hydrogen-bond acceptors (Lipinski definition) is 3. The highest BCUT2D eigenvalue weighted by atomic mass is 15.2. The fourth-order valence-electron chi connectivity index (χ4n) is 13.9. The second-order valence-electron chi connectivity index (χ2n) is 24.4. The number of hydrogen-bond donors (Lipinski definition) is 0. The van der Waals surface area contributed by atoms with Crippen LogP contribution in [-0.2, 0) is 21.7 Å². The molecule has 9 aromatic rings. The van der Waals surface area contributed by atoms with Crippen LogP contribution in [-0.4, -0.2) is 6.71 Å². The molecule has 9 aromatic carbocycles. The van der Waals surface area contributed by atoms with Crippen LogP contribution >= 0.6 is 0 Å². The first-order chi connectivity index (χ1) is 35.6. The van der Waals surface area contributed by atoms with Crippen molar-refractivity contribution >= 4 is 74.3 Å². The minimum atomic E-state index is -0.0492. The zero-order valence-corrected chi connectivity index (χ0v) is 44.6. The molecule has 3 nitrogen and oxygen atoms in total. The van der Waals surface area contributed by atoms with Crippen LogP contribution in [0.5, 0.6) is 0 Å². The average Bonchev–Trinajstić information content (AvgIpc) is 3.62. The van der Waals surface area contributed by atoms with Gasteiger partial charge in [-0.3, -0.25) is 0 Å². The Kier molecular flexibility index (Phi) is 10.5. The molecule has 4 heteroatoms. The number of rotatable bonds is 7. The van der Waals surface area contributed by atoms with E-state index >= 15 is 0 Å². The number of benzene rings is 9. The van der Waals surface area contributed by atoms with Gasteiger partial charge in [0.25, 0.3) is 6.71 Å². The van der Waals surface area contributed by atoms with Gasteiger partial charge in [-0.05, 0) is 181 Å². The highest BCUT2D eigenvalue weighted by molar-refractivity contribution is 7.00. The Morgan fingerprint density at radius 1 is 0.365 bits per heavy atom. The van der Waals surface area contributed by atoms with Crippen LogP contribution < -0.4 is 31.1 Å². The van der Waals surface area contributed by atoms with E-state index in [0.717, 1.165) is 42.0 Å². The molecule has 2 aliphatic carbocycles. The molecule has 2 aliphatic heterocycles. The Morgan fingerprint density at radius 3 is 1.43 bits per heavy atom. The lowest BCUT2D eigenvalue weighted by atomic mass is 9.33. The number of fused-ring (bicyclic) bond motifs is 6. The SMILES string of the molecule is Cc1cc2c(cc1N1c3cc4c(cc3B3c5ccc(-c6ccccc6)cc5N(c5cccc(-c6ccccc6)c5)c5cc(N(c6ccccc6)c6ccccc6)cc1c53)C(C)(C)CCC4(C)C)C(C)(C)CC2(C)C. The van der Waals surface area contributed by atoms with E-state index in [9.17, 15) is 0 Å². The molecular formula is C70H66BN3. The van der Waals surface area contributed by atoms with Crippen LogP contribution in [0.25, 0.3) is 22.3 Å². The lowest BCUT2D eigenvalue weighted by Gasteiger charge is -2.48. The van der Waals surface area contributed by atoms with Crippen molar-refractivity contribution in [1.29, 1.82) is 0 Å². The van der Waals surface area contributed by atoms with Crippen LogP contribution in [0.1, 0.15) is 102 Å². The lowest BCUT2D eigenvalue weighted by molar-refractivity contribution is 0.332. The van der Waals surface area contributed by atoms with E-state index < -0.39 is 0 Å². The maximum Gasteiger partial charge on any atom is 0.252 e. The summed E-state index contributed by atoms with van der Waals surface area (Å²) < 4.78 is 0. The first-order valence-electron chi connectivity index (χ1n) is 27.0. The molecule has 0 bridgehead atoms. The summed E-state index contributed by atoms with van der Waals surface area (Å²) in [6, 6.07) is 75.8. The van der Waals surface area contributed by atoms with Crippen molar-refractivity contribution in [1.82, 2.24) is 0 Å². The summed E-state index contributed by atoms with van der Waals surface area (Å²) in [7, 11) is 0. The summed E-state index contributed by atoms with van der Waals surface area (Å²) in [4.78, 5) is 7.80. The zero-order chi connectivity index (χ0) is 50.9. The van der Waals surface area contributed by atoms with E-state index in [2.05, 4.69) is 277 Å². The second kappa shape index (κ2) is 16.7. The standard InChI is InChI=1S/C70H66BN3/c1-46-37-55-58(70(8,9)45-69(55,6)7)43-61(46)74-63-44-57-56(67(2,3)35-36-68(57,4)5)42-60(63)71-59-34-33-50(48-25-16-11-17-26-48)39-62(59)73(53-32-22-27-49(38-53)47-23-14-10-15-24-47)64-40-54(41-65(74)66(64)71)72(51-28-18-12-19-29-51)52-30-20-13-21-31-52/h10-34,37-44H,35-36,45H2,1-9H3. The largest absolute Gasteiger partial charge is 0.311 e. The highest BCUT2D eigenvalue weighted by Crippen LogP contribution is 2.56. The van der Waals surface area contributed by atoms with Crippen molar-refractivity contribution in [2.45, 2.75) is 103 Å². The summed E-state index contributed by atoms with van der Waals surface area (Å²) in [5.74, 6) is 0. The normalized spacial score (nSPS) is 16.9. The third-order valence-electron chi connectivity index (χ3n) is 17.6. The van der Waals surface area contributed by atoms with Crippen molar-refractivity contribution in [3.8, 4) is 22.3 Å². The summed E-state index contributed by atoms with van der Waals surface area (Å²) in [5.41, 5.74) is 26.8. The van der Waals surface area contributed by atoms with Gasteiger partial charge in [-0.1, -0.05) is 189 Å². The van der Waals surface area contributed by atoms with Gasteiger partial charge in [0, 0.05) is 45.5 Å². The molecule has 0 radical (unpaired) electrons. The van der Waals surface area contributed by atoms with Gasteiger partial charge in [0.15, 0.2) is 0 Å². The van der Waals surface area contributed by atoms with Crippen LogP contribution in [0.3, 0.4) is 0 Å². The molecule has 13 rings (SSSR count). The van der Waals surface area contributed by atoms with E-state index in [0.29, 0.717) is 0 Å². The smallest absolute Gasteiger partial charge is 0.252 e. The number of nitrogens with zero attached hydrogens (tertiary/aromatic N) is 3. The van der Waals surface area contributed by atoms with Crippen molar-refractivity contribution in [3.63, 3.8) is 0 Å². The third-order valence-corrected chi connectivity index (χ3v) is 17.6. The Morgan fingerprint density at radius 2 is 0.838 bits per heavy atom. The molecule has 74 heavy (non-hydrogen) atoms. The van der Waals surface area contributed by atoms with E-state index in [1.54, 1.807) is 0 Å². The Labute approximate surface area is 440 Å². The average molecular weight is 960 g/mol. The fourth-order valence-corrected chi connectivity index (χ4v) is 13.9. The minimum absolute atomic E-state index is 0.00484. The number of aryl methyl sites for hydroxylation is 1. The molecule has 0 unspecified atom stereocenters. The van der Waals surface area contributed by atoms with Crippen LogP contribution in [0.15, 0.2) is 200 Å². The molecule has 0 amide bonds. The van der Waals surface area contributed by atoms with E-state index in [1.165, 1.54) is 94.9 Å². The quantitative estimate of drug-likeness (QED) is 0.147. The summed E-state index contributed by atoms with van der Waals surface area (Å²) in [6.07, 6.45) is 3.41. The Balaban J connectivity index is 1.19. The molecule has 4 aliphatic rings. The monoisotopic (exact) mass is 960 g/mol. The van der Waals surface area contributed by atoms with Gasteiger partial charge in [-0.2, -0.15) is 0 Å². The van der Waals surface area contributed by atoms with Gasteiger partial charge in [-0.15, -0.1) is 0 Å². The fraction of sp³-hybridized carbons (Fsp3) is 0.229. The predicted molar refractivity (Wildman–Crippen MR) is 317 cm³/mol. The van der Waals surface area contributed by atoms with Crippen LogP contribution in [0.4, 0.5) is 51.2 Å². The maximum atomic E-state index is 2.72. The van der Waals surface area contributed by atoms with Crippen molar-refractivity contribution in [3.05, 3.63) is 228 Å². The molecule has 0 N–H and O–H groups in total. The molecule has 364 valence electrons. The molecule has 0 atom stereocenters. The van der Waals surface area contributed by atoms with Crippen LogP contribution in [0, 0.1) is 6.92 Å². The highest BCUT2D eigenvalue weighted by Gasteiger charge is 2.48.